The number of aromatic nitrogens is 2. The summed E-state index contributed by atoms with van der Waals surface area (Å²) < 4.78 is 53.8. The average Bonchev–Trinajstić information content (AvgIpc) is 3.56. The third-order valence-electron chi connectivity index (χ3n) is 6.27. The zero-order valence-corrected chi connectivity index (χ0v) is 24.3. The number of benzene rings is 3. The molecule has 5 heteroatoms. The first kappa shape index (κ1) is 20.3. The van der Waals surface area contributed by atoms with Crippen LogP contribution in [0.4, 0.5) is 0 Å². The number of pyridine rings is 2. The van der Waals surface area contributed by atoms with Crippen LogP contribution >= 0.6 is 11.3 Å². The minimum Gasteiger partial charge on any atom is -0.501 e. The van der Waals surface area contributed by atoms with Crippen molar-refractivity contribution in [3.05, 3.63) is 119 Å². The monoisotopic (exact) mass is 709 g/mol. The molecule has 0 aliphatic carbocycles. The predicted octanol–water partition coefficient (Wildman–Crippen LogP) is 9.44. The van der Waals surface area contributed by atoms with E-state index in [0.29, 0.717) is 16.8 Å². The van der Waals surface area contributed by atoms with Crippen LogP contribution in [-0.4, -0.2) is 9.97 Å². The van der Waals surface area contributed by atoms with Crippen LogP contribution in [0, 0.1) is 39.7 Å². The van der Waals surface area contributed by atoms with Gasteiger partial charge in [0.1, 0.15) is 5.58 Å². The molecule has 0 aliphatic rings. The molecule has 39 heavy (non-hydrogen) atoms. The molecule has 7 rings (SSSR count). The van der Waals surface area contributed by atoms with Crippen molar-refractivity contribution < 1.29 is 32.7 Å². The maximum Gasteiger partial charge on any atom is 0.121 e. The molecular formula is C34H26IrN2OS-2. The molecule has 0 N–H and O–H groups in total. The number of furan rings is 1. The Balaban J connectivity index is 0.000000240. The van der Waals surface area contributed by atoms with Crippen LogP contribution in [0.25, 0.3) is 54.5 Å². The molecule has 4 aromatic heterocycles. The van der Waals surface area contributed by atoms with Crippen LogP contribution in [-0.2, 0) is 20.1 Å². The van der Waals surface area contributed by atoms with Gasteiger partial charge in [0.15, 0.2) is 0 Å². The van der Waals surface area contributed by atoms with E-state index in [1.807, 2.05) is 61.7 Å². The quantitative estimate of drug-likeness (QED) is 0.168. The Hall–Kier alpha value is -3.63. The summed E-state index contributed by atoms with van der Waals surface area (Å²) in [4.78, 5) is 9.79. The molecule has 0 aliphatic heterocycles. The molecule has 0 unspecified atom stereocenters. The minimum atomic E-state index is -2.59. The van der Waals surface area contributed by atoms with Gasteiger partial charge in [-0.3, -0.25) is 0 Å². The Bertz CT molecular complexity index is 2120. The summed E-state index contributed by atoms with van der Waals surface area (Å²) in [5.74, 6) is 0. The predicted molar refractivity (Wildman–Crippen MR) is 159 cm³/mol. The van der Waals surface area contributed by atoms with E-state index in [9.17, 15) is 0 Å². The van der Waals surface area contributed by atoms with E-state index < -0.39 is 13.7 Å². The van der Waals surface area contributed by atoms with Crippen molar-refractivity contribution in [3.63, 3.8) is 0 Å². The van der Waals surface area contributed by atoms with Gasteiger partial charge < -0.3 is 14.4 Å². The van der Waals surface area contributed by atoms with Crippen molar-refractivity contribution in [3.8, 4) is 22.5 Å². The molecule has 3 nitrogen and oxygen atoms in total. The van der Waals surface area contributed by atoms with Crippen molar-refractivity contribution >= 4 is 43.4 Å². The molecule has 0 saturated heterocycles. The third-order valence-corrected chi connectivity index (χ3v) is 7.29. The summed E-state index contributed by atoms with van der Waals surface area (Å²) >= 11 is 1.71. The first-order valence-electron chi connectivity index (χ1n) is 15.1. The van der Waals surface area contributed by atoms with Crippen LogP contribution in [0.3, 0.4) is 0 Å². The van der Waals surface area contributed by atoms with Crippen LogP contribution in [0.2, 0.25) is 0 Å². The van der Waals surface area contributed by atoms with Crippen LogP contribution in [0.1, 0.15) is 29.8 Å². The standard InChI is InChI=1S/C22H16NOS.C12H10N.Ir/c1-12-9-18(23-11-13(12)2)15-5-4-6-16-21-17-10-14(3)25-20(17)8-7-19(21)24-22(15)16;1-10-7-8-12(13-9-10)11-5-3-2-4-6-11;/h4,6-11H,1-3H3;2-5,7-9H,1H3;/q2*-1;/i1D3,2D3;;. The van der Waals surface area contributed by atoms with Gasteiger partial charge >= 0.3 is 0 Å². The fourth-order valence-electron chi connectivity index (χ4n) is 4.44. The minimum absolute atomic E-state index is 0. The number of thiophene rings is 1. The molecule has 0 atom stereocenters. The van der Waals surface area contributed by atoms with E-state index in [4.69, 9.17) is 12.6 Å². The Morgan fingerprint density at radius 1 is 0.821 bits per heavy atom. The molecule has 0 bridgehead atoms. The van der Waals surface area contributed by atoms with Gasteiger partial charge in [-0.15, -0.1) is 65.4 Å². The van der Waals surface area contributed by atoms with E-state index in [2.05, 4.69) is 41.2 Å². The van der Waals surface area contributed by atoms with Crippen LogP contribution in [0.15, 0.2) is 89.6 Å². The number of nitrogens with zero attached hydrogens (tertiary/aromatic N) is 2. The van der Waals surface area contributed by atoms with Gasteiger partial charge in [0.05, 0.1) is 5.58 Å². The van der Waals surface area contributed by atoms with E-state index in [1.54, 1.807) is 17.4 Å². The molecule has 0 spiro atoms. The Morgan fingerprint density at radius 3 is 2.46 bits per heavy atom. The Morgan fingerprint density at radius 2 is 1.69 bits per heavy atom. The molecule has 0 fully saturated rings. The van der Waals surface area contributed by atoms with Crippen molar-refractivity contribution in [2.75, 3.05) is 0 Å². The van der Waals surface area contributed by atoms with E-state index in [-0.39, 0.29) is 31.2 Å². The summed E-state index contributed by atoms with van der Waals surface area (Å²) in [6.45, 7) is -1.08. The maximum absolute atomic E-state index is 7.82. The largest absolute Gasteiger partial charge is 0.501 e. The fourth-order valence-corrected chi connectivity index (χ4v) is 5.37. The molecule has 195 valence electrons. The zero-order chi connectivity index (χ0) is 31.2. The summed E-state index contributed by atoms with van der Waals surface area (Å²) in [7, 11) is 0. The molecular weight excluding hydrogens is 677 g/mol. The zero-order valence-electron chi connectivity index (χ0n) is 27.1. The Kier molecular flexibility index (Phi) is 5.85. The molecule has 0 saturated carbocycles. The summed E-state index contributed by atoms with van der Waals surface area (Å²) in [5.41, 5.74) is 4.75. The van der Waals surface area contributed by atoms with Gasteiger partial charge in [0.2, 0.25) is 0 Å². The SMILES string of the molecule is Cc1ccc(-c2[c-]cccc2)nc1.[2H]C([2H])([2H])c1cnc(-c2[c-]ccc3c2oc2ccc4sc(C)cc4c23)cc1C([2H])([2H])[2H].[Ir]. The van der Waals surface area contributed by atoms with Crippen molar-refractivity contribution in [2.24, 2.45) is 0 Å². The summed E-state index contributed by atoms with van der Waals surface area (Å²) in [6, 6.07) is 29.2. The normalized spacial score (nSPS) is 13.8. The number of rotatable bonds is 2. The summed E-state index contributed by atoms with van der Waals surface area (Å²) in [6.07, 6.45) is 3.00. The smallest absolute Gasteiger partial charge is 0.121 e. The second-order valence-corrected chi connectivity index (χ2v) is 10.3. The van der Waals surface area contributed by atoms with E-state index in [1.165, 1.54) is 16.5 Å². The summed E-state index contributed by atoms with van der Waals surface area (Å²) in [5, 5.41) is 2.97. The van der Waals surface area contributed by atoms with Gasteiger partial charge in [-0.2, -0.15) is 0 Å². The maximum atomic E-state index is 7.82. The van der Waals surface area contributed by atoms with Gasteiger partial charge in [0, 0.05) is 61.1 Å². The number of hydrogen-bond donors (Lipinski definition) is 0. The average molecular weight is 709 g/mol. The second kappa shape index (κ2) is 11.2. The first-order chi connectivity index (χ1) is 20.9. The molecule has 0 amide bonds. The van der Waals surface area contributed by atoms with E-state index >= 15 is 0 Å². The first-order valence-corrected chi connectivity index (χ1v) is 12.9. The molecule has 7 aromatic rings. The van der Waals surface area contributed by atoms with Crippen molar-refractivity contribution in [1.82, 2.24) is 9.97 Å². The molecule has 4 heterocycles. The van der Waals surface area contributed by atoms with Crippen molar-refractivity contribution in [1.29, 1.82) is 0 Å². The molecule has 1 radical (unpaired) electrons. The Labute approximate surface area is 254 Å². The third kappa shape index (κ3) is 5.31. The molecule has 3 aromatic carbocycles. The topological polar surface area (TPSA) is 38.9 Å². The van der Waals surface area contributed by atoms with Gasteiger partial charge in [0.25, 0.3) is 0 Å². The second-order valence-electron chi connectivity index (χ2n) is 9.02. The van der Waals surface area contributed by atoms with Crippen LogP contribution in [0.5, 0.6) is 0 Å². The number of hydrogen-bond acceptors (Lipinski definition) is 4. The number of aryl methyl sites for hydroxylation is 4. The fraction of sp³-hybridized carbons (Fsp3) is 0.118. The number of fused-ring (bicyclic) bond motifs is 5. The van der Waals surface area contributed by atoms with Gasteiger partial charge in [-0.05, 0) is 68.3 Å². The van der Waals surface area contributed by atoms with Crippen LogP contribution < -0.4 is 0 Å². The van der Waals surface area contributed by atoms with Gasteiger partial charge in [-0.25, -0.2) is 0 Å². The van der Waals surface area contributed by atoms with Gasteiger partial charge in [-0.1, -0.05) is 34.7 Å². The van der Waals surface area contributed by atoms with E-state index in [0.717, 1.165) is 43.9 Å². The van der Waals surface area contributed by atoms with Crippen molar-refractivity contribution in [2.45, 2.75) is 27.6 Å².